The molecule has 0 aliphatic heterocycles. The molecule has 1 aromatic carbocycles. The zero-order valence-electron chi connectivity index (χ0n) is 10.3. The molecule has 3 aromatic rings. The predicted octanol–water partition coefficient (Wildman–Crippen LogP) is 4.09. The van der Waals surface area contributed by atoms with Crippen LogP contribution in [0.15, 0.2) is 48.0 Å². The first-order valence-corrected chi connectivity index (χ1v) is 7.01. The van der Waals surface area contributed by atoms with Gasteiger partial charge < -0.3 is 5.32 Å². The highest BCUT2D eigenvalue weighted by Gasteiger charge is 2.02. The zero-order valence-corrected chi connectivity index (χ0v) is 11.1. The van der Waals surface area contributed by atoms with E-state index in [9.17, 15) is 4.39 Å². The average molecular weight is 272 g/mol. The van der Waals surface area contributed by atoms with Crippen molar-refractivity contribution >= 4 is 27.2 Å². The molecule has 0 amide bonds. The van der Waals surface area contributed by atoms with E-state index >= 15 is 0 Å². The number of rotatable bonds is 4. The summed E-state index contributed by atoms with van der Waals surface area (Å²) in [5.41, 5.74) is 0.991. The van der Waals surface area contributed by atoms with Crippen LogP contribution in [0.1, 0.15) is 5.56 Å². The number of aromatic nitrogens is 1. The molecular weight excluding hydrogens is 259 g/mol. The maximum atomic E-state index is 13.1. The lowest BCUT2D eigenvalue weighted by Gasteiger charge is -2.06. The number of halogens is 1. The number of hydrogen-bond donors (Lipinski definition) is 1. The first-order valence-electron chi connectivity index (χ1n) is 6.13. The van der Waals surface area contributed by atoms with Crippen LogP contribution >= 0.6 is 11.3 Å². The van der Waals surface area contributed by atoms with E-state index < -0.39 is 0 Å². The van der Waals surface area contributed by atoms with Crippen molar-refractivity contribution < 1.29 is 4.39 Å². The van der Waals surface area contributed by atoms with Crippen LogP contribution in [0.25, 0.3) is 10.1 Å². The molecular formula is C15H13FN2S. The second-order valence-corrected chi connectivity index (χ2v) is 5.25. The molecule has 3 rings (SSSR count). The monoisotopic (exact) mass is 272 g/mol. The summed E-state index contributed by atoms with van der Waals surface area (Å²) in [4.78, 5) is 4.35. The molecule has 0 spiro atoms. The van der Waals surface area contributed by atoms with Crippen molar-refractivity contribution in [3.8, 4) is 0 Å². The molecule has 0 saturated carbocycles. The van der Waals surface area contributed by atoms with E-state index in [1.54, 1.807) is 23.5 Å². The minimum atomic E-state index is -0.185. The fraction of sp³-hybridized carbons (Fsp3) is 0.133. The molecule has 0 saturated heterocycles. The third kappa shape index (κ3) is 2.74. The first kappa shape index (κ1) is 12.1. The summed E-state index contributed by atoms with van der Waals surface area (Å²) in [5.74, 6) is 0.714. The van der Waals surface area contributed by atoms with E-state index in [1.807, 2.05) is 18.3 Å². The molecule has 2 heterocycles. The normalized spacial score (nSPS) is 10.8. The van der Waals surface area contributed by atoms with Gasteiger partial charge in [0.2, 0.25) is 0 Å². The highest BCUT2D eigenvalue weighted by atomic mass is 32.1. The summed E-state index contributed by atoms with van der Waals surface area (Å²) < 4.78 is 14.3. The van der Waals surface area contributed by atoms with Gasteiger partial charge in [0, 0.05) is 22.8 Å². The number of pyridine rings is 1. The quantitative estimate of drug-likeness (QED) is 0.773. The summed E-state index contributed by atoms with van der Waals surface area (Å²) in [6.45, 7) is 0.741. The van der Waals surface area contributed by atoms with E-state index in [0.717, 1.165) is 29.7 Å². The van der Waals surface area contributed by atoms with Gasteiger partial charge in [-0.3, -0.25) is 0 Å². The summed E-state index contributed by atoms with van der Waals surface area (Å²) in [6.07, 6.45) is 2.59. The molecule has 2 aromatic heterocycles. The number of fused-ring (bicyclic) bond motifs is 1. The zero-order chi connectivity index (χ0) is 13.1. The lowest BCUT2D eigenvalue weighted by molar-refractivity contribution is 0.625. The Balaban J connectivity index is 1.68. The van der Waals surface area contributed by atoms with Crippen LogP contribution < -0.4 is 5.32 Å². The van der Waals surface area contributed by atoms with Gasteiger partial charge in [0.1, 0.15) is 11.6 Å². The van der Waals surface area contributed by atoms with Gasteiger partial charge in [-0.25, -0.2) is 9.37 Å². The molecule has 0 aliphatic carbocycles. The highest BCUT2D eigenvalue weighted by molar-refractivity contribution is 7.17. The molecule has 2 nitrogen and oxygen atoms in total. The van der Waals surface area contributed by atoms with Gasteiger partial charge >= 0.3 is 0 Å². The van der Waals surface area contributed by atoms with Gasteiger partial charge in [0.05, 0.1) is 0 Å². The van der Waals surface area contributed by atoms with E-state index in [4.69, 9.17) is 0 Å². The molecule has 4 heteroatoms. The summed E-state index contributed by atoms with van der Waals surface area (Å²) in [7, 11) is 0. The number of nitrogens with zero attached hydrogens (tertiary/aromatic N) is 1. The highest BCUT2D eigenvalue weighted by Crippen LogP contribution is 2.25. The molecule has 0 radical (unpaired) electrons. The largest absolute Gasteiger partial charge is 0.369 e. The Kier molecular flexibility index (Phi) is 3.42. The van der Waals surface area contributed by atoms with Crippen LogP contribution in [0.4, 0.5) is 10.2 Å². The second kappa shape index (κ2) is 5.36. The average Bonchev–Trinajstić information content (AvgIpc) is 2.88. The number of hydrogen-bond acceptors (Lipinski definition) is 3. The van der Waals surface area contributed by atoms with Crippen molar-refractivity contribution in [3.05, 3.63) is 59.4 Å². The number of anilines is 1. The SMILES string of the molecule is Fc1cccc(CCNc2nccc3sccc23)c1. The van der Waals surface area contributed by atoms with E-state index in [1.165, 1.54) is 10.8 Å². The van der Waals surface area contributed by atoms with Gasteiger partial charge in [0.15, 0.2) is 0 Å². The fourth-order valence-electron chi connectivity index (χ4n) is 2.05. The van der Waals surface area contributed by atoms with Crippen molar-refractivity contribution in [1.29, 1.82) is 0 Å². The maximum Gasteiger partial charge on any atom is 0.134 e. The van der Waals surface area contributed by atoms with Crippen LogP contribution in [-0.4, -0.2) is 11.5 Å². The lowest BCUT2D eigenvalue weighted by atomic mass is 10.1. The number of benzene rings is 1. The van der Waals surface area contributed by atoms with Crippen LogP contribution in [0.3, 0.4) is 0 Å². The van der Waals surface area contributed by atoms with E-state index in [-0.39, 0.29) is 5.82 Å². The van der Waals surface area contributed by atoms with Crippen molar-refractivity contribution in [3.63, 3.8) is 0 Å². The van der Waals surface area contributed by atoms with Crippen LogP contribution in [0.5, 0.6) is 0 Å². The Morgan fingerprint density at radius 3 is 3.05 bits per heavy atom. The topological polar surface area (TPSA) is 24.9 Å². The smallest absolute Gasteiger partial charge is 0.134 e. The second-order valence-electron chi connectivity index (χ2n) is 4.30. The predicted molar refractivity (Wildman–Crippen MR) is 78.2 cm³/mol. The van der Waals surface area contributed by atoms with Gasteiger partial charge in [-0.15, -0.1) is 11.3 Å². The molecule has 19 heavy (non-hydrogen) atoms. The number of thiophene rings is 1. The third-order valence-electron chi connectivity index (χ3n) is 2.97. The lowest BCUT2D eigenvalue weighted by Crippen LogP contribution is -2.06. The van der Waals surface area contributed by atoms with Crippen molar-refractivity contribution in [2.24, 2.45) is 0 Å². The molecule has 0 atom stereocenters. The van der Waals surface area contributed by atoms with Crippen LogP contribution in [-0.2, 0) is 6.42 Å². The minimum Gasteiger partial charge on any atom is -0.369 e. The van der Waals surface area contributed by atoms with Crippen molar-refractivity contribution in [2.75, 3.05) is 11.9 Å². The van der Waals surface area contributed by atoms with E-state index in [2.05, 4.69) is 21.7 Å². The molecule has 0 fully saturated rings. The Hall–Kier alpha value is -1.94. The summed E-state index contributed by atoms with van der Waals surface area (Å²) in [6, 6.07) is 10.8. The summed E-state index contributed by atoms with van der Waals surface area (Å²) >= 11 is 1.70. The standard InChI is InChI=1S/C15H13FN2S/c16-12-3-1-2-11(10-12)4-7-17-15-13-6-9-19-14(13)5-8-18-15/h1-3,5-6,8-10H,4,7H2,(H,17,18). The fourth-order valence-corrected chi connectivity index (χ4v) is 2.84. The van der Waals surface area contributed by atoms with Crippen LogP contribution in [0, 0.1) is 5.82 Å². The molecule has 0 unspecified atom stereocenters. The van der Waals surface area contributed by atoms with E-state index in [0.29, 0.717) is 0 Å². The number of nitrogens with one attached hydrogen (secondary N) is 1. The Morgan fingerprint density at radius 2 is 2.16 bits per heavy atom. The molecule has 96 valence electrons. The third-order valence-corrected chi connectivity index (χ3v) is 3.86. The molecule has 0 aliphatic rings. The minimum absolute atomic E-state index is 0.185. The molecule has 0 bridgehead atoms. The maximum absolute atomic E-state index is 13.1. The first-order chi connectivity index (χ1) is 9.33. The van der Waals surface area contributed by atoms with Crippen LogP contribution in [0.2, 0.25) is 0 Å². The summed E-state index contributed by atoms with van der Waals surface area (Å²) in [5, 5.41) is 6.52. The molecule has 1 N–H and O–H groups in total. The van der Waals surface area contributed by atoms with Gasteiger partial charge in [-0.2, -0.15) is 0 Å². The van der Waals surface area contributed by atoms with Crippen molar-refractivity contribution in [1.82, 2.24) is 4.98 Å². The Morgan fingerprint density at radius 1 is 1.21 bits per heavy atom. The van der Waals surface area contributed by atoms with Gasteiger partial charge in [0.25, 0.3) is 0 Å². The van der Waals surface area contributed by atoms with Crippen molar-refractivity contribution in [2.45, 2.75) is 6.42 Å². The van der Waals surface area contributed by atoms with Gasteiger partial charge in [-0.1, -0.05) is 12.1 Å². The van der Waals surface area contributed by atoms with Gasteiger partial charge in [-0.05, 0) is 41.6 Å². The Labute approximate surface area is 114 Å². The Bertz CT molecular complexity index is 693.